The lowest BCUT2D eigenvalue weighted by molar-refractivity contribution is -0.137. The van der Waals surface area contributed by atoms with Crippen molar-refractivity contribution in [2.75, 3.05) is 19.6 Å². The maximum atomic E-state index is 13.6. The van der Waals surface area contributed by atoms with Gasteiger partial charge < -0.3 is 26.2 Å². The number of carbonyl (C=O) groups excluding carboxylic acids is 5. The predicted octanol–water partition coefficient (Wildman–Crippen LogP) is 1.56. The van der Waals surface area contributed by atoms with E-state index in [1.54, 1.807) is 17.8 Å². The first-order valence-corrected chi connectivity index (χ1v) is 16.8. The van der Waals surface area contributed by atoms with Crippen molar-refractivity contribution in [3.63, 3.8) is 0 Å². The second kappa shape index (κ2) is 16.2. The molecule has 0 aliphatic carbocycles. The van der Waals surface area contributed by atoms with E-state index < -0.39 is 35.8 Å². The van der Waals surface area contributed by atoms with E-state index in [-0.39, 0.29) is 50.5 Å². The fourth-order valence-corrected chi connectivity index (χ4v) is 5.77. The summed E-state index contributed by atoms with van der Waals surface area (Å²) in [4.78, 5) is 72.8. The summed E-state index contributed by atoms with van der Waals surface area (Å²) < 4.78 is 3.03. The first-order valence-electron chi connectivity index (χ1n) is 16.8. The Hall–Kier alpha value is -5.60. The number of hydrogen-bond donors (Lipinski definition) is 4. The van der Waals surface area contributed by atoms with Crippen molar-refractivity contribution in [1.29, 1.82) is 0 Å². The largest absolute Gasteiger partial charge is 0.354 e. The molecule has 4 aromatic rings. The van der Waals surface area contributed by atoms with Crippen LogP contribution < -0.4 is 21.3 Å². The molecule has 0 unspecified atom stereocenters. The fourth-order valence-electron chi connectivity index (χ4n) is 5.77. The number of hydrogen-bond acceptors (Lipinski definition) is 8. The Labute approximate surface area is 290 Å². The van der Waals surface area contributed by atoms with Crippen LogP contribution in [0.3, 0.4) is 0 Å². The van der Waals surface area contributed by atoms with Crippen molar-refractivity contribution in [2.45, 2.75) is 71.8 Å². The molecule has 4 N–H and O–H groups in total. The number of fused-ring (bicyclic) bond motifs is 2. The molecule has 0 radical (unpaired) electrons. The third kappa shape index (κ3) is 9.09. The normalized spacial score (nSPS) is 20.2. The molecule has 0 bridgehead atoms. The van der Waals surface area contributed by atoms with Gasteiger partial charge in [-0.3, -0.25) is 28.7 Å². The van der Waals surface area contributed by atoms with Crippen LogP contribution in [0.1, 0.15) is 52.4 Å². The molecule has 15 nitrogen and oxygen atoms in total. The molecule has 1 aliphatic heterocycles. The van der Waals surface area contributed by atoms with Gasteiger partial charge in [0.1, 0.15) is 31.0 Å². The van der Waals surface area contributed by atoms with Crippen LogP contribution in [0.15, 0.2) is 60.8 Å². The van der Waals surface area contributed by atoms with Gasteiger partial charge in [-0.05, 0) is 38.7 Å². The summed E-state index contributed by atoms with van der Waals surface area (Å²) in [5, 5.41) is 21.1. The van der Waals surface area contributed by atoms with Gasteiger partial charge in [0.25, 0.3) is 0 Å². The molecule has 1 aliphatic rings. The van der Waals surface area contributed by atoms with Gasteiger partial charge in [-0.25, -0.2) is 9.67 Å². The monoisotopic (exact) mass is 684 g/mol. The minimum atomic E-state index is -0.993. The number of rotatable bonds is 5. The smallest absolute Gasteiger partial charge is 0.244 e. The molecule has 0 saturated carbocycles. The van der Waals surface area contributed by atoms with Crippen LogP contribution in [0.2, 0.25) is 0 Å². The summed E-state index contributed by atoms with van der Waals surface area (Å²) in [6.45, 7) is 6.90. The maximum Gasteiger partial charge on any atom is 0.244 e. The SMILES string of the molecule is CC(C)C[C@H]1NC(=O)[C@@H](C)NC(=O)CN(C(=O)Cn2ncc3ccccc32)CCCNC(=O)Cn2nc(-c3ccccc3)nc2[C@H](C)NC1=O. The van der Waals surface area contributed by atoms with E-state index in [9.17, 15) is 24.0 Å². The Morgan fingerprint density at radius 2 is 1.62 bits per heavy atom. The van der Waals surface area contributed by atoms with Crippen molar-refractivity contribution >= 4 is 40.4 Å². The number of nitrogens with one attached hydrogen (secondary N) is 4. The molecule has 15 heteroatoms. The third-order valence-electron chi connectivity index (χ3n) is 8.33. The molecule has 2 aromatic heterocycles. The van der Waals surface area contributed by atoms with E-state index in [0.29, 0.717) is 24.5 Å². The molecular formula is C35H44N10O5. The summed E-state index contributed by atoms with van der Waals surface area (Å²) in [6.07, 6.45) is 2.35. The average molecular weight is 685 g/mol. The van der Waals surface area contributed by atoms with E-state index in [1.165, 1.54) is 16.5 Å². The van der Waals surface area contributed by atoms with E-state index in [4.69, 9.17) is 0 Å². The highest BCUT2D eigenvalue weighted by molar-refractivity contribution is 5.93. The van der Waals surface area contributed by atoms with Gasteiger partial charge in [0.2, 0.25) is 29.5 Å². The second-order valence-electron chi connectivity index (χ2n) is 12.9. The van der Waals surface area contributed by atoms with E-state index >= 15 is 0 Å². The summed E-state index contributed by atoms with van der Waals surface area (Å²) in [7, 11) is 0. The van der Waals surface area contributed by atoms with E-state index in [2.05, 4.69) is 36.4 Å². The molecule has 0 spiro atoms. The zero-order valence-corrected chi connectivity index (χ0v) is 28.8. The topological polar surface area (TPSA) is 185 Å². The first kappa shape index (κ1) is 35.7. The number of para-hydroxylation sites is 1. The van der Waals surface area contributed by atoms with Crippen LogP contribution in [0, 0.1) is 5.92 Å². The summed E-state index contributed by atoms with van der Waals surface area (Å²) in [5.74, 6) is -1.42. The van der Waals surface area contributed by atoms with E-state index in [1.807, 2.05) is 68.4 Å². The van der Waals surface area contributed by atoms with Gasteiger partial charge in [0.15, 0.2) is 5.82 Å². The summed E-state index contributed by atoms with van der Waals surface area (Å²) >= 11 is 0. The minimum Gasteiger partial charge on any atom is -0.354 e. The van der Waals surface area contributed by atoms with Crippen LogP contribution in [-0.2, 0) is 37.1 Å². The molecule has 50 heavy (non-hydrogen) atoms. The van der Waals surface area contributed by atoms with Gasteiger partial charge in [-0.1, -0.05) is 62.4 Å². The quantitative estimate of drug-likeness (QED) is 0.244. The molecule has 5 amide bonds. The third-order valence-corrected chi connectivity index (χ3v) is 8.33. The van der Waals surface area contributed by atoms with Gasteiger partial charge in [0, 0.05) is 24.0 Å². The average Bonchev–Trinajstić information content (AvgIpc) is 3.69. The Morgan fingerprint density at radius 3 is 2.38 bits per heavy atom. The Morgan fingerprint density at radius 1 is 0.880 bits per heavy atom. The Balaban J connectivity index is 1.40. The lowest BCUT2D eigenvalue weighted by Gasteiger charge is -2.25. The number of nitrogens with zero attached hydrogens (tertiary/aromatic N) is 6. The predicted molar refractivity (Wildman–Crippen MR) is 185 cm³/mol. The zero-order valence-electron chi connectivity index (χ0n) is 28.8. The van der Waals surface area contributed by atoms with Crippen molar-refractivity contribution in [2.24, 2.45) is 5.92 Å². The lowest BCUT2D eigenvalue weighted by atomic mass is 10.0. The van der Waals surface area contributed by atoms with Crippen LogP contribution in [-0.4, -0.2) is 90.7 Å². The lowest BCUT2D eigenvalue weighted by Crippen LogP contribution is -2.54. The number of aromatic nitrogens is 5. The van der Waals surface area contributed by atoms with Crippen LogP contribution in [0.5, 0.6) is 0 Å². The molecule has 5 rings (SSSR count). The first-order chi connectivity index (χ1) is 24.0. The standard InChI is InChI=1S/C35H44N10O5/c1-22(2)17-27-35(50)39-23(3)33-41-32(25-11-6-5-7-12-25)42-45(33)20-29(46)36-15-10-16-43(19-30(47)38-24(4)34(49)40-27)31(48)21-44-28-14-9-8-13-26(28)18-37-44/h5-9,11-14,18,22-24,27H,10,15-17,19-21H2,1-4H3,(H,36,46)(H,38,47)(H,39,50)(H,40,49)/t23-,24+,27+/m0/s1. The van der Waals surface area contributed by atoms with E-state index in [0.717, 1.165) is 16.5 Å². The molecular weight excluding hydrogens is 640 g/mol. The molecule has 0 saturated heterocycles. The zero-order chi connectivity index (χ0) is 35.8. The van der Waals surface area contributed by atoms with Crippen molar-refractivity contribution < 1.29 is 24.0 Å². The maximum absolute atomic E-state index is 13.6. The second-order valence-corrected chi connectivity index (χ2v) is 12.9. The molecule has 3 atom stereocenters. The van der Waals surface area contributed by atoms with Gasteiger partial charge in [-0.2, -0.15) is 10.2 Å². The van der Waals surface area contributed by atoms with Gasteiger partial charge in [-0.15, -0.1) is 0 Å². The van der Waals surface area contributed by atoms with Gasteiger partial charge >= 0.3 is 0 Å². The van der Waals surface area contributed by atoms with Crippen molar-refractivity contribution in [1.82, 2.24) is 50.7 Å². The summed E-state index contributed by atoms with van der Waals surface area (Å²) in [5.41, 5.74) is 1.52. The number of amides is 5. The molecule has 2 aromatic carbocycles. The molecule has 3 heterocycles. The highest BCUT2D eigenvalue weighted by atomic mass is 16.2. The molecule has 264 valence electrons. The van der Waals surface area contributed by atoms with Crippen molar-refractivity contribution in [3.05, 3.63) is 66.6 Å². The Bertz CT molecular complexity index is 1840. The molecule has 0 fully saturated rings. The Kier molecular flexibility index (Phi) is 11.6. The van der Waals surface area contributed by atoms with Crippen LogP contribution >= 0.6 is 0 Å². The number of benzene rings is 2. The van der Waals surface area contributed by atoms with Crippen molar-refractivity contribution in [3.8, 4) is 11.4 Å². The minimum absolute atomic E-state index is 0.0522. The van der Waals surface area contributed by atoms with Crippen LogP contribution in [0.25, 0.3) is 22.3 Å². The number of carbonyl (C=O) groups is 5. The highest BCUT2D eigenvalue weighted by Crippen LogP contribution is 2.20. The van der Waals surface area contributed by atoms with Crippen LogP contribution in [0.4, 0.5) is 0 Å². The highest BCUT2D eigenvalue weighted by Gasteiger charge is 2.29. The summed E-state index contributed by atoms with van der Waals surface area (Å²) in [6, 6.07) is 14.2. The van der Waals surface area contributed by atoms with Gasteiger partial charge in [0.05, 0.1) is 24.3 Å². The fraction of sp³-hybridized carbons (Fsp3) is 0.429.